The average Bonchev–Trinajstić information content (AvgIpc) is 2.15. The van der Waals surface area contributed by atoms with Crippen LogP contribution in [0, 0.1) is 5.41 Å². The minimum Gasteiger partial charge on any atom is -0.469 e. The summed E-state index contributed by atoms with van der Waals surface area (Å²) in [5.74, 6) is -0.438. The number of ether oxygens (including phenoxy) is 1. The summed E-state index contributed by atoms with van der Waals surface area (Å²) in [6, 6.07) is 0. The molecule has 1 unspecified atom stereocenters. The van der Waals surface area contributed by atoms with Crippen molar-refractivity contribution in [1.29, 1.82) is 0 Å². The van der Waals surface area contributed by atoms with Gasteiger partial charge in [0.15, 0.2) is 0 Å². The van der Waals surface area contributed by atoms with Crippen molar-refractivity contribution in [3.8, 4) is 0 Å². The Kier molecular flexibility index (Phi) is 6.31. The Labute approximate surface area is 135 Å². The van der Waals surface area contributed by atoms with E-state index in [4.69, 9.17) is 0 Å². The summed E-state index contributed by atoms with van der Waals surface area (Å²) in [5, 5.41) is 0. The summed E-state index contributed by atoms with van der Waals surface area (Å²) in [6.07, 6.45) is 1.35. The first-order valence-corrected chi connectivity index (χ1v) is 4.77. The van der Waals surface area contributed by atoms with Crippen LogP contribution < -0.4 is 51.4 Å². The average molecular weight is 260 g/mol. The zero-order chi connectivity index (χ0) is 11.7. The van der Waals surface area contributed by atoms with Crippen LogP contribution >= 0.6 is 0 Å². The summed E-state index contributed by atoms with van der Waals surface area (Å²) in [7, 11) is 1.25. The molecular formula is C9H13BF3KO2. The van der Waals surface area contributed by atoms with Gasteiger partial charge < -0.3 is 17.7 Å². The number of allylic oxidation sites excluding steroid dienone is 2. The van der Waals surface area contributed by atoms with Gasteiger partial charge in [-0.1, -0.05) is 6.42 Å². The Morgan fingerprint density at radius 3 is 2.38 bits per heavy atom. The number of esters is 1. The molecule has 7 heteroatoms. The van der Waals surface area contributed by atoms with Crippen molar-refractivity contribution < 1.29 is 73.9 Å². The molecule has 2 nitrogen and oxygen atoms in total. The third-order valence-electron chi connectivity index (χ3n) is 2.88. The van der Waals surface area contributed by atoms with Crippen molar-refractivity contribution in [2.45, 2.75) is 26.2 Å². The second kappa shape index (κ2) is 6.04. The number of hydrogen-bond acceptors (Lipinski definition) is 2. The normalized spacial score (nSPS) is 25.4. The quantitative estimate of drug-likeness (QED) is 0.502. The topological polar surface area (TPSA) is 26.3 Å². The van der Waals surface area contributed by atoms with E-state index in [0.717, 1.165) is 6.08 Å². The van der Waals surface area contributed by atoms with Gasteiger partial charge in [0.1, 0.15) is 0 Å². The third kappa shape index (κ3) is 3.87. The number of rotatable bonds is 2. The van der Waals surface area contributed by atoms with Crippen molar-refractivity contribution in [3.63, 3.8) is 0 Å². The van der Waals surface area contributed by atoms with Crippen molar-refractivity contribution in [2.24, 2.45) is 5.41 Å². The van der Waals surface area contributed by atoms with E-state index in [1.165, 1.54) is 7.11 Å². The molecule has 0 aliphatic heterocycles. The van der Waals surface area contributed by atoms with Gasteiger partial charge in [-0.05, 0) is 19.8 Å². The Hall–Kier alpha value is 0.701. The largest absolute Gasteiger partial charge is 1.00 e. The molecule has 0 heterocycles. The smallest absolute Gasteiger partial charge is 0.469 e. The molecule has 0 aromatic carbocycles. The molecule has 0 aromatic heterocycles. The maximum atomic E-state index is 12.4. The molecule has 86 valence electrons. The van der Waals surface area contributed by atoms with Crippen LogP contribution in [0.1, 0.15) is 26.2 Å². The van der Waals surface area contributed by atoms with Gasteiger partial charge >= 0.3 is 64.3 Å². The molecule has 0 aromatic rings. The van der Waals surface area contributed by atoms with Crippen molar-refractivity contribution in [2.75, 3.05) is 7.11 Å². The van der Waals surface area contributed by atoms with Crippen LogP contribution in [0.5, 0.6) is 0 Å². The number of carbonyl (C=O) groups excluding carboxylic acids is 1. The second-order valence-corrected chi connectivity index (χ2v) is 4.11. The van der Waals surface area contributed by atoms with Gasteiger partial charge in [0.2, 0.25) is 0 Å². The minimum absolute atomic E-state index is 0. The molecule has 1 atom stereocenters. The van der Waals surface area contributed by atoms with E-state index in [1.54, 1.807) is 6.92 Å². The van der Waals surface area contributed by atoms with Crippen LogP contribution in [0.3, 0.4) is 0 Å². The number of hydrogen-bond donors (Lipinski definition) is 0. The molecule has 0 amide bonds. The van der Waals surface area contributed by atoms with Crippen molar-refractivity contribution in [1.82, 2.24) is 0 Å². The number of carbonyl (C=O) groups is 1. The van der Waals surface area contributed by atoms with E-state index in [2.05, 4.69) is 4.74 Å². The zero-order valence-corrected chi connectivity index (χ0v) is 12.8. The molecule has 1 rings (SSSR count). The molecule has 0 N–H and O–H groups in total. The first-order chi connectivity index (χ1) is 6.79. The fraction of sp³-hybridized carbons (Fsp3) is 0.667. The minimum atomic E-state index is -4.89. The Morgan fingerprint density at radius 1 is 1.50 bits per heavy atom. The van der Waals surface area contributed by atoms with E-state index in [1.807, 2.05) is 0 Å². The van der Waals surface area contributed by atoms with Crippen LogP contribution in [0.25, 0.3) is 0 Å². The fourth-order valence-electron chi connectivity index (χ4n) is 1.71. The number of halogens is 3. The predicted octanol–water partition coefficient (Wildman–Crippen LogP) is -0.333. The molecule has 0 radical (unpaired) electrons. The molecule has 1 aliphatic carbocycles. The monoisotopic (exact) mass is 260 g/mol. The van der Waals surface area contributed by atoms with Crippen LogP contribution in [0.4, 0.5) is 12.9 Å². The van der Waals surface area contributed by atoms with Crippen molar-refractivity contribution in [3.05, 3.63) is 11.5 Å². The van der Waals surface area contributed by atoms with E-state index in [0.29, 0.717) is 0 Å². The van der Waals surface area contributed by atoms with Crippen LogP contribution in [-0.4, -0.2) is 20.1 Å². The van der Waals surface area contributed by atoms with Crippen LogP contribution in [0.2, 0.25) is 0 Å². The van der Waals surface area contributed by atoms with Crippen LogP contribution in [0.15, 0.2) is 11.5 Å². The maximum Gasteiger partial charge on any atom is 1.00 e. The van der Waals surface area contributed by atoms with E-state index in [-0.39, 0.29) is 70.6 Å². The summed E-state index contributed by atoms with van der Waals surface area (Å²) in [5.41, 5.74) is -1.27. The van der Waals surface area contributed by atoms with Gasteiger partial charge in [-0.2, -0.15) is 0 Å². The summed E-state index contributed by atoms with van der Waals surface area (Å²) < 4.78 is 41.6. The first kappa shape index (κ1) is 16.7. The first-order valence-electron chi connectivity index (χ1n) is 4.77. The summed E-state index contributed by atoms with van der Waals surface area (Å²) >= 11 is 0. The maximum absolute atomic E-state index is 12.4. The Bertz CT molecular complexity index is 304. The van der Waals surface area contributed by atoms with Crippen LogP contribution in [-0.2, 0) is 9.53 Å². The third-order valence-corrected chi connectivity index (χ3v) is 2.88. The van der Waals surface area contributed by atoms with E-state index < -0.39 is 23.8 Å². The van der Waals surface area contributed by atoms with Gasteiger partial charge in [-0.3, -0.25) is 4.79 Å². The van der Waals surface area contributed by atoms with Gasteiger partial charge in [0, 0.05) is 0 Å². The summed E-state index contributed by atoms with van der Waals surface area (Å²) in [6.45, 7) is -3.26. The van der Waals surface area contributed by atoms with Gasteiger partial charge in [-0.25, -0.2) is 0 Å². The van der Waals surface area contributed by atoms with Gasteiger partial charge in [0.25, 0.3) is 0 Å². The zero-order valence-electron chi connectivity index (χ0n) is 9.73. The standard InChI is InChI=1S/C9H13BF3O2.K/c1-9(8(14)15-2)5-3-7(4-6-9)10(11,12)13;/h3H,4-6H2,1-2H3;/q-1;+1. The molecule has 0 saturated heterocycles. The molecular weight excluding hydrogens is 247 g/mol. The van der Waals surface area contributed by atoms with Gasteiger partial charge in [-0.15, -0.1) is 11.5 Å². The second-order valence-electron chi connectivity index (χ2n) is 4.11. The molecule has 0 bridgehead atoms. The Morgan fingerprint density at radius 2 is 2.06 bits per heavy atom. The SMILES string of the molecule is COC(=O)C1(C)CC=C([B-](F)(F)F)CC1.[K+]. The Balaban J connectivity index is 0.00000225. The molecule has 0 spiro atoms. The molecule has 16 heavy (non-hydrogen) atoms. The molecule has 0 fully saturated rings. The van der Waals surface area contributed by atoms with Crippen molar-refractivity contribution >= 4 is 12.9 Å². The molecule has 1 aliphatic rings. The van der Waals surface area contributed by atoms with E-state index in [9.17, 15) is 17.7 Å². The van der Waals surface area contributed by atoms with Gasteiger partial charge in [0.05, 0.1) is 12.5 Å². The number of methoxy groups -OCH3 is 1. The summed E-state index contributed by atoms with van der Waals surface area (Å²) in [4.78, 5) is 11.3. The molecule has 0 saturated carbocycles. The fourth-order valence-corrected chi connectivity index (χ4v) is 1.71. The van der Waals surface area contributed by atoms with E-state index >= 15 is 0 Å². The predicted molar refractivity (Wildman–Crippen MR) is 51.1 cm³/mol.